The molecule has 0 bridgehead atoms. The number of carbonyl (C=O) groups excluding carboxylic acids is 1. The first-order valence-electron chi connectivity index (χ1n) is 3.08. The van der Waals surface area contributed by atoms with Crippen LogP contribution in [0.25, 0.3) is 0 Å². The maximum absolute atomic E-state index is 9.97. The summed E-state index contributed by atoms with van der Waals surface area (Å²) < 4.78 is 0. The molecule has 54 valence electrons. The number of aliphatic hydroxyl groups excluding tert-OH is 1. The fraction of sp³-hybridized carbons (Fsp3) is 0.286. The highest BCUT2D eigenvalue weighted by Crippen LogP contribution is 1.97. The third kappa shape index (κ3) is 1.70. The van der Waals surface area contributed by atoms with E-state index >= 15 is 0 Å². The fourth-order valence-corrected chi connectivity index (χ4v) is 0.768. The summed E-state index contributed by atoms with van der Waals surface area (Å²) in [5, 5.41) is 8.84. The second kappa shape index (κ2) is 3.17. The first kappa shape index (κ1) is 7.02. The number of H-pyrrole nitrogens is 1. The maximum atomic E-state index is 9.97. The first-order chi connectivity index (χ1) is 4.83. The van der Waals surface area contributed by atoms with E-state index in [1.807, 2.05) is 12.1 Å². The molecule has 1 aromatic heterocycles. The van der Waals surface area contributed by atoms with Gasteiger partial charge in [0, 0.05) is 18.3 Å². The van der Waals surface area contributed by atoms with Gasteiger partial charge in [0.1, 0.15) is 12.4 Å². The predicted octanol–water partition coefficient (Wildman–Crippen LogP) is 0.117. The Kier molecular flexibility index (Phi) is 2.23. The van der Waals surface area contributed by atoms with Crippen LogP contribution >= 0.6 is 0 Å². The van der Waals surface area contributed by atoms with Gasteiger partial charge in [0.2, 0.25) is 0 Å². The molecule has 0 aliphatic rings. The molecule has 1 atom stereocenters. The van der Waals surface area contributed by atoms with Crippen LogP contribution in [0.5, 0.6) is 0 Å². The Hall–Kier alpha value is -1.09. The number of carbonyl (C=O) groups is 1. The van der Waals surface area contributed by atoms with Crippen molar-refractivity contribution < 1.29 is 9.90 Å². The van der Waals surface area contributed by atoms with Gasteiger partial charge in [-0.25, -0.2) is 0 Å². The highest BCUT2D eigenvalue weighted by atomic mass is 16.3. The van der Waals surface area contributed by atoms with Crippen molar-refractivity contribution >= 4 is 6.29 Å². The van der Waals surface area contributed by atoms with Gasteiger partial charge in [0.25, 0.3) is 0 Å². The molecule has 0 saturated heterocycles. The van der Waals surface area contributed by atoms with Gasteiger partial charge < -0.3 is 14.9 Å². The second-order valence-electron chi connectivity index (χ2n) is 2.10. The SMILES string of the molecule is O=CC(O)Cc1ccc[nH]1. The van der Waals surface area contributed by atoms with E-state index in [9.17, 15) is 4.79 Å². The highest BCUT2D eigenvalue weighted by molar-refractivity contribution is 5.56. The minimum atomic E-state index is -0.876. The zero-order chi connectivity index (χ0) is 7.40. The van der Waals surface area contributed by atoms with Gasteiger partial charge >= 0.3 is 0 Å². The lowest BCUT2D eigenvalue weighted by atomic mass is 10.2. The fourth-order valence-electron chi connectivity index (χ4n) is 0.768. The number of aliphatic hydroxyl groups is 1. The van der Waals surface area contributed by atoms with Crippen molar-refractivity contribution in [2.75, 3.05) is 0 Å². The van der Waals surface area contributed by atoms with Crippen LogP contribution in [-0.2, 0) is 11.2 Å². The van der Waals surface area contributed by atoms with E-state index in [1.165, 1.54) is 0 Å². The summed E-state index contributed by atoms with van der Waals surface area (Å²) in [6.07, 6.45) is 1.78. The molecule has 1 rings (SSSR count). The van der Waals surface area contributed by atoms with Crippen molar-refractivity contribution in [1.82, 2.24) is 4.98 Å². The smallest absolute Gasteiger partial charge is 0.148 e. The molecule has 3 nitrogen and oxygen atoms in total. The van der Waals surface area contributed by atoms with E-state index in [2.05, 4.69) is 4.98 Å². The third-order valence-electron chi connectivity index (χ3n) is 1.25. The van der Waals surface area contributed by atoms with E-state index in [4.69, 9.17) is 5.11 Å². The van der Waals surface area contributed by atoms with Gasteiger partial charge in [-0.05, 0) is 12.1 Å². The molecule has 2 N–H and O–H groups in total. The summed E-state index contributed by atoms with van der Waals surface area (Å²) in [6, 6.07) is 3.65. The van der Waals surface area contributed by atoms with Crippen LogP contribution in [0.1, 0.15) is 5.69 Å². The Labute approximate surface area is 58.7 Å². The minimum absolute atomic E-state index is 0.372. The zero-order valence-corrected chi connectivity index (χ0v) is 5.45. The lowest BCUT2D eigenvalue weighted by Crippen LogP contribution is -2.11. The van der Waals surface area contributed by atoms with Crippen LogP contribution < -0.4 is 0 Å². The highest BCUT2D eigenvalue weighted by Gasteiger charge is 2.02. The second-order valence-corrected chi connectivity index (χ2v) is 2.10. The van der Waals surface area contributed by atoms with Crippen molar-refractivity contribution in [3.05, 3.63) is 24.0 Å². The zero-order valence-electron chi connectivity index (χ0n) is 5.45. The van der Waals surface area contributed by atoms with Crippen LogP contribution in [0.4, 0.5) is 0 Å². The van der Waals surface area contributed by atoms with Gasteiger partial charge in [0.15, 0.2) is 0 Å². The molecule has 0 spiro atoms. The van der Waals surface area contributed by atoms with Crippen molar-refractivity contribution in [3.8, 4) is 0 Å². The van der Waals surface area contributed by atoms with Crippen LogP contribution in [0.15, 0.2) is 18.3 Å². The molecule has 0 radical (unpaired) electrons. The molecule has 10 heavy (non-hydrogen) atoms. The van der Waals surface area contributed by atoms with Crippen LogP contribution in [0, 0.1) is 0 Å². The Bertz CT molecular complexity index is 193. The number of aromatic amines is 1. The quantitative estimate of drug-likeness (QED) is 0.584. The van der Waals surface area contributed by atoms with Gasteiger partial charge in [-0.3, -0.25) is 0 Å². The minimum Gasteiger partial charge on any atom is -0.385 e. The molecular formula is C7H9NO2. The molecule has 0 saturated carbocycles. The molecular weight excluding hydrogens is 130 g/mol. The summed E-state index contributed by atoms with van der Waals surface area (Å²) in [6.45, 7) is 0. The molecule has 0 fully saturated rings. The molecule has 0 aliphatic carbocycles. The van der Waals surface area contributed by atoms with Crippen molar-refractivity contribution in [2.45, 2.75) is 12.5 Å². The van der Waals surface area contributed by atoms with E-state index < -0.39 is 6.10 Å². The molecule has 0 amide bonds. The standard InChI is InChI=1S/C7H9NO2/c9-5-7(10)4-6-2-1-3-8-6/h1-3,5,7-8,10H,4H2. The average Bonchev–Trinajstić information content (AvgIpc) is 2.40. The van der Waals surface area contributed by atoms with Crippen molar-refractivity contribution in [3.63, 3.8) is 0 Å². The Balaban J connectivity index is 2.47. The van der Waals surface area contributed by atoms with Crippen LogP contribution in [0.3, 0.4) is 0 Å². The van der Waals surface area contributed by atoms with E-state index in [-0.39, 0.29) is 0 Å². The number of hydrogen-bond acceptors (Lipinski definition) is 2. The lowest BCUT2D eigenvalue weighted by Gasteiger charge is -1.97. The summed E-state index contributed by atoms with van der Waals surface area (Å²) in [5.41, 5.74) is 0.875. The largest absolute Gasteiger partial charge is 0.385 e. The average molecular weight is 139 g/mol. The van der Waals surface area contributed by atoms with Crippen LogP contribution in [0.2, 0.25) is 0 Å². The topological polar surface area (TPSA) is 53.1 Å². The lowest BCUT2D eigenvalue weighted by molar-refractivity contribution is -0.114. The van der Waals surface area contributed by atoms with Crippen LogP contribution in [-0.4, -0.2) is 22.5 Å². The first-order valence-corrected chi connectivity index (χ1v) is 3.08. The number of hydrogen-bond donors (Lipinski definition) is 2. The number of aldehydes is 1. The molecule has 0 aliphatic heterocycles. The Morgan fingerprint density at radius 1 is 1.80 bits per heavy atom. The molecule has 0 aromatic carbocycles. The third-order valence-corrected chi connectivity index (χ3v) is 1.25. The van der Waals surface area contributed by atoms with E-state index in [0.717, 1.165) is 5.69 Å². The summed E-state index contributed by atoms with van der Waals surface area (Å²) >= 11 is 0. The summed E-state index contributed by atoms with van der Waals surface area (Å²) in [4.78, 5) is 12.9. The van der Waals surface area contributed by atoms with E-state index in [0.29, 0.717) is 12.7 Å². The van der Waals surface area contributed by atoms with Crippen molar-refractivity contribution in [1.29, 1.82) is 0 Å². The Morgan fingerprint density at radius 3 is 3.10 bits per heavy atom. The monoisotopic (exact) mass is 139 g/mol. The normalized spacial score (nSPS) is 12.9. The van der Waals surface area contributed by atoms with Gasteiger partial charge in [-0.15, -0.1) is 0 Å². The number of nitrogens with one attached hydrogen (secondary N) is 1. The molecule has 1 heterocycles. The number of rotatable bonds is 3. The van der Waals surface area contributed by atoms with Gasteiger partial charge in [0.05, 0.1) is 0 Å². The molecule has 1 aromatic rings. The van der Waals surface area contributed by atoms with Gasteiger partial charge in [-0.1, -0.05) is 0 Å². The van der Waals surface area contributed by atoms with E-state index in [1.54, 1.807) is 6.20 Å². The van der Waals surface area contributed by atoms with Gasteiger partial charge in [-0.2, -0.15) is 0 Å². The molecule has 1 unspecified atom stereocenters. The summed E-state index contributed by atoms with van der Waals surface area (Å²) in [7, 11) is 0. The maximum Gasteiger partial charge on any atom is 0.148 e. The Morgan fingerprint density at radius 2 is 2.60 bits per heavy atom. The molecule has 3 heteroatoms. The summed E-state index contributed by atoms with van der Waals surface area (Å²) in [5.74, 6) is 0. The number of aromatic nitrogens is 1. The van der Waals surface area contributed by atoms with Crippen molar-refractivity contribution in [2.24, 2.45) is 0 Å². The predicted molar refractivity (Wildman–Crippen MR) is 36.6 cm³/mol.